The number of rotatable bonds is 0. The fraction of sp³-hybridized carbons (Fsp3) is 1.00. The molecular formula is C9H16B. The summed E-state index contributed by atoms with van der Waals surface area (Å²) in [6, 6.07) is 0. The molecule has 2 aliphatic rings. The van der Waals surface area contributed by atoms with Gasteiger partial charge in [-0.3, -0.25) is 0 Å². The zero-order chi connectivity index (χ0) is 7.19. The highest BCUT2D eigenvalue weighted by Gasteiger charge is 2.41. The van der Waals surface area contributed by atoms with Crippen LogP contribution in [-0.4, -0.2) is 7.28 Å². The van der Waals surface area contributed by atoms with Crippen LogP contribution in [0.4, 0.5) is 0 Å². The average Bonchev–Trinajstić information content (AvgIpc) is 2.06. The van der Waals surface area contributed by atoms with Crippen LogP contribution in [0.2, 0.25) is 11.1 Å². The van der Waals surface area contributed by atoms with E-state index in [1.807, 2.05) is 0 Å². The van der Waals surface area contributed by atoms with Crippen LogP contribution in [0, 0.1) is 5.92 Å². The predicted molar refractivity (Wildman–Crippen MR) is 45.5 cm³/mol. The van der Waals surface area contributed by atoms with Crippen molar-refractivity contribution in [3.05, 3.63) is 0 Å². The van der Waals surface area contributed by atoms with Gasteiger partial charge in [-0.1, -0.05) is 50.7 Å². The van der Waals surface area contributed by atoms with E-state index in [9.17, 15) is 0 Å². The predicted octanol–water partition coefficient (Wildman–Crippen LogP) is 2.88. The minimum Gasteiger partial charge on any atom is -0.0680 e. The molecule has 10 heavy (non-hydrogen) atoms. The molecule has 0 amide bonds. The molecule has 0 aromatic rings. The second-order valence-electron chi connectivity index (χ2n) is 4.66. The van der Waals surface area contributed by atoms with Crippen molar-refractivity contribution in [2.75, 3.05) is 0 Å². The molecule has 0 aromatic heterocycles. The van der Waals surface area contributed by atoms with E-state index in [0.29, 0.717) is 5.31 Å². The van der Waals surface area contributed by atoms with Gasteiger partial charge in [0, 0.05) is 0 Å². The van der Waals surface area contributed by atoms with Gasteiger partial charge in [-0.25, -0.2) is 0 Å². The van der Waals surface area contributed by atoms with Gasteiger partial charge >= 0.3 is 0 Å². The van der Waals surface area contributed by atoms with Crippen LogP contribution in [0.25, 0.3) is 0 Å². The normalized spacial score (nSPS) is 52.6. The molecule has 2 bridgehead atoms. The van der Waals surface area contributed by atoms with Gasteiger partial charge in [-0.05, 0) is 5.92 Å². The lowest BCUT2D eigenvalue weighted by Crippen LogP contribution is -2.22. The Balaban J connectivity index is 2.13. The Labute approximate surface area is 64.6 Å². The fourth-order valence-electron chi connectivity index (χ4n) is 3.00. The second kappa shape index (κ2) is 2.02. The first kappa shape index (κ1) is 6.76. The van der Waals surface area contributed by atoms with E-state index in [4.69, 9.17) is 0 Å². The van der Waals surface area contributed by atoms with E-state index < -0.39 is 0 Å². The first-order valence-electron chi connectivity index (χ1n) is 4.54. The van der Waals surface area contributed by atoms with Gasteiger partial charge in [0.15, 0.2) is 0 Å². The SMILES string of the molecule is CC1CC2[B]C(C)(CC2)C1. The molecule has 1 radical (unpaired) electrons. The molecule has 3 unspecified atom stereocenters. The van der Waals surface area contributed by atoms with Crippen molar-refractivity contribution >= 4 is 7.28 Å². The highest BCUT2D eigenvalue weighted by molar-refractivity contribution is 6.43. The van der Waals surface area contributed by atoms with Crippen LogP contribution in [0.1, 0.15) is 39.5 Å². The molecule has 1 heteroatoms. The molecule has 55 valence electrons. The molecule has 0 aromatic carbocycles. The van der Waals surface area contributed by atoms with Gasteiger partial charge in [0.2, 0.25) is 0 Å². The lowest BCUT2D eigenvalue weighted by Gasteiger charge is -2.32. The summed E-state index contributed by atoms with van der Waals surface area (Å²) >= 11 is 0. The maximum Gasteiger partial charge on any atom is 0.121 e. The van der Waals surface area contributed by atoms with Crippen LogP contribution < -0.4 is 0 Å². The topological polar surface area (TPSA) is 0 Å². The van der Waals surface area contributed by atoms with Crippen molar-refractivity contribution in [1.29, 1.82) is 0 Å². The average molecular weight is 135 g/mol. The lowest BCUT2D eigenvalue weighted by molar-refractivity contribution is 0.413. The molecule has 0 N–H and O–H groups in total. The maximum atomic E-state index is 2.62. The van der Waals surface area contributed by atoms with E-state index in [2.05, 4.69) is 21.1 Å². The van der Waals surface area contributed by atoms with Crippen molar-refractivity contribution in [3.8, 4) is 0 Å². The van der Waals surface area contributed by atoms with Crippen LogP contribution in [0.15, 0.2) is 0 Å². The smallest absolute Gasteiger partial charge is 0.0680 e. The molecule has 2 aliphatic heterocycles. The molecule has 2 rings (SSSR count). The molecule has 0 saturated carbocycles. The van der Waals surface area contributed by atoms with E-state index >= 15 is 0 Å². The highest BCUT2D eigenvalue weighted by Crippen LogP contribution is 2.55. The van der Waals surface area contributed by atoms with Crippen molar-refractivity contribution in [1.82, 2.24) is 0 Å². The van der Waals surface area contributed by atoms with Crippen molar-refractivity contribution in [2.45, 2.75) is 50.7 Å². The Hall–Kier alpha value is 0.0649. The van der Waals surface area contributed by atoms with Gasteiger partial charge in [0.05, 0.1) is 0 Å². The van der Waals surface area contributed by atoms with Crippen LogP contribution >= 0.6 is 0 Å². The number of fused-ring (bicyclic) bond motifs is 2. The van der Waals surface area contributed by atoms with Crippen molar-refractivity contribution < 1.29 is 0 Å². The highest BCUT2D eigenvalue weighted by atomic mass is 14.4. The summed E-state index contributed by atoms with van der Waals surface area (Å²) in [6.07, 6.45) is 5.85. The van der Waals surface area contributed by atoms with Gasteiger partial charge in [-0.2, -0.15) is 0 Å². The number of hydrogen-bond acceptors (Lipinski definition) is 0. The first-order chi connectivity index (χ1) is 4.68. The third-order valence-corrected chi connectivity index (χ3v) is 3.24. The van der Waals surface area contributed by atoms with Crippen molar-refractivity contribution in [2.24, 2.45) is 5.92 Å². The third kappa shape index (κ3) is 1.000. The molecule has 0 spiro atoms. The van der Waals surface area contributed by atoms with E-state index in [0.717, 1.165) is 11.7 Å². The molecular weight excluding hydrogens is 119 g/mol. The van der Waals surface area contributed by atoms with E-state index in [1.54, 1.807) is 0 Å². The summed E-state index contributed by atoms with van der Waals surface area (Å²) < 4.78 is 0. The largest absolute Gasteiger partial charge is 0.121 e. The third-order valence-electron chi connectivity index (χ3n) is 3.24. The lowest BCUT2D eigenvalue weighted by atomic mass is 9.44. The minimum absolute atomic E-state index is 0.641. The molecule has 2 fully saturated rings. The molecule has 2 heterocycles. The molecule has 2 saturated heterocycles. The van der Waals surface area contributed by atoms with Crippen LogP contribution in [0.5, 0.6) is 0 Å². The zero-order valence-corrected chi connectivity index (χ0v) is 7.06. The molecule has 0 nitrogen and oxygen atoms in total. The second-order valence-corrected chi connectivity index (χ2v) is 4.66. The quantitative estimate of drug-likeness (QED) is 0.448. The molecule has 0 aliphatic carbocycles. The summed E-state index contributed by atoms with van der Waals surface area (Å²) in [5.74, 6) is 1.97. The summed E-state index contributed by atoms with van der Waals surface area (Å²) in [4.78, 5) is 0. The van der Waals surface area contributed by atoms with E-state index in [-0.39, 0.29) is 0 Å². The van der Waals surface area contributed by atoms with Crippen LogP contribution in [0.3, 0.4) is 0 Å². The maximum absolute atomic E-state index is 2.62. The van der Waals surface area contributed by atoms with Gasteiger partial charge in [0.25, 0.3) is 0 Å². The Morgan fingerprint density at radius 3 is 3.00 bits per heavy atom. The summed E-state index contributed by atoms with van der Waals surface area (Å²) in [5, 5.41) is 0.641. The van der Waals surface area contributed by atoms with Crippen molar-refractivity contribution in [3.63, 3.8) is 0 Å². The summed E-state index contributed by atoms with van der Waals surface area (Å²) in [7, 11) is 2.62. The standard InChI is InChI=1S/C9H16B/c1-7-5-8-3-4-9(2,6-7)10-8/h7-8H,3-6H2,1-2H3. The Kier molecular flexibility index (Phi) is 1.37. The first-order valence-corrected chi connectivity index (χ1v) is 4.54. The Morgan fingerprint density at radius 1 is 1.50 bits per heavy atom. The summed E-state index contributed by atoms with van der Waals surface area (Å²) in [5.41, 5.74) is 0. The minimum atomic E-state index is 0.641. The monoisotopic (exact) mass is 135 g/mol. The number of hydrogen-bond donors (Lipinski definition) is 0. The zero-order valence-electron chi connectivity index (χ0n) is 7.06. The van der Waals surface area contributed by atoms with Gasteiger partial charge < -0.3 is 0 Å². The fourth-order valence-corrected chi connectivity index (χ4v) is 3.00. The van der Waals surface area contributed by atoms with E-state index in [1.165, 1.54) is 25.7 Å². The van der Waals surface area contributed by atoms with Gasteiger partial charge in [0.1, 0.15) is 7.28 Å². The van der Waals surface area contributed by atoms with Gasteiger partial charge in [-0.15, -0.1) is 0 Å². The summed E-state index contributed by atoms with van der Waals surface area (Å²) in [6.45, 7) is 4.84. The molecule has 3 atom stereocenters. The Morgan fingerprint density at radius 2 is 2.30 bits per heavy atom. The Bertz CT molecular complexity index is 144. The van der Waals surface area contributed by atoms with Crippen LogP contribution in [-0.2, 0) is 0 Å².